The Labute approximate surface area is 99.9 Å². The highest BCUT2D eigenvalue weighted by atomic mass is 16.3. The summed E-state index contributed by atoms with van der Waals surface area (Å²) >= 11 is 0. The van der Waals surface area contributed by atoms with Gasteiger partial charge in [-0.3, -0.25) is 0 Å². The van der Waals surface area contributed by atoms with Gasteiger partial charge < -0.3 is 5.11 Å². The minimum absolute atomic E-state index is 0.239. The fraction of sp³-hybridized carbons (Fsp3) is 0.385. The van der Waals surface area contributed by atoms with Crippen molar-refractivity contribution in [3.05, 3.63) is 30.1 Å². The Balaban J connectivity index is 2.03. The van der Waals surface area contributed by atoms with E-state index in [9.17, 15) is 5.11 Å². The van der Waals surface area contributed by atoms with Crippen molar-refractivity contribution in [3.63, 3.8) is 0 Å². The maximum Gasteiger partial charge on any atom is 0.185 e. The maximum atomic E-state index is 9.79. The molecule has 1 aromatic heterocycles. The number of aromatic hydroxyl groups is 1. The maximum absolute atomic E-state index is 9.79. The molecule has 3 rings (SSSR count). The Morgan fingerprint density at radius 3 is 3.00 bits per heavy atom. The number of nitrogens with zero attached hydrogens (tertiary/aromatic N) is 3. The topological polar surface area (TPSA) is 50.9 Å². The second-order valence-electron chi connectivity index (χ2n) is 4.69. The Morgan fingerprint density at radius 1 is 1.35 bits per heavy atom. The molecule has 0 fully saturated rings. The SMILES string of the molecule is CC1CCc2nc(-c3ccccc3O)nn2C1. The van der Waals surface area contributed by atoms with Crippen LogP contribution in [0.15, 0.2) is 24.3 Å². The van der Waals surface area contributed by atoms with Crippen LogP contribution in [0.4, 0.5) is 0 Å². The van der Waals surface area contributed by atoms with Crippen molar-refractivity contribution in [2.24, 2.45) is 5.92 Å². The zero-order valence-corrected chi connectivity index (χ0v) is 9.80. The molecule has 1 unspecified atom stereocenters. The largest absolute Gasteiger partial charge is 0.507 e. The third kappa shape index (κ3) is 1.79. The van der Waals surface area contributed by atoms with E-state index in [1.165, 1.54) is 6.42 Å². The van der Waals surface area contributed by atoms with Crippen molar-refractivity contribution < 1.29 is 5.11 Å². The second-order valence-corrected chi connectivity index (χ2v) is 4.69. The molecule has 88 valence electrons. The number of hydrogen-bond donors (Lipinski definition) is 1. The van der Waals surface area contributed by atoms with Crippen LogP contribution < -0.4 is 0 Å². The molecular formula is C13H15N3O. The Hall–Kier alpha value is -1.84. The van der Waals surface area contributed by atoms with Gasteiger partial charge in [-0.1, -0.05) is 19.1 Å². The summed E-state index contributed by atoms with van der Waals surface area (Å²) in [5.74, 6) is 2.55. The van der Waals surface area contributed by atoms with Crippen molar-refractivity contribution in [1.82, 2.24) is 14.8 Å². The van der Waals surface area contributed by atoms with E-state index in [1.807, 2.05) is 16.8 Å². The predicted octanol–water partition coefficient (Wildman–Crippen LogP) is 2.23. The van der Waals surface area contributed by atoms with Crippen LogP contribution in [0.25, 0.3) is 11.4 Å². The van der Waals surface area contributed by atoms with E-state index in [0.717, 1.165) is 18.8 Å². The molecule has 2 heterocycles. The van der Waals surface area contributed by atoms with Crippen LogP contribution in [0.1, 0.15) is 19.2 Å². The molecule has 0 aliphatic carbocycles. The first-order chi connectivity index (χ1) is 8.24. The van der Waals surface area contributed by atoms with Crippen LogP contribution in [0, 0.1) is 5.92 Å². The Kier molecular flexibility index (Phi) is 2.35. The predicted molar refractivity (Wildman–Crippen MR) is 64.6 cm³/mol. The summed E-state index contributed by atoms with van der Waals surface area (Å²) in [5, 5.41) is 14.3. The minimum atomic E-state index is 0.239. The van der Waals surface area contributed by atoms with E-state index >= 15 is 0 Å². The molecule has 0 saturated heterocycles. The molecule has 1 aromatic carbocycles. The zero-order valence-electron chi connectivity index (χ0n) is 9.80. The van der Waals surface area contributed by atoms with Gasteiger partial charge in [0.2, 0.25) is 0 Å². The summed E-state index contributed by atoms with van der Waals surface area (Å²) in [5.41, 5.74) is 0.710. The molecule has 4 nitrogen and oxygen atoms in total. The van der Waals surface area contributed by atoms with E-state index in [-0.39, 0.29) is 5.75 Å². The Morgan fingerprint density at radius 2 is 2.18 bits per heavy atom. The summed E-state index contributed by atoms with van der Waals surface area (Å²) in [6.07, 6.45) is 2.14. The third-order valence-corrected chi connectivity index (χ3v) is 3.24. The molecule has 0 radical (unpaired) electrons. The van der Waals surface area contributed by atoms with Crippen molar-refractivity contribution >= 4 is 0 Å². The lowest BCUT2D eigenvalue weighted by atomic mass is 10.0. The number of hydrogen-bond acceptors (Lipinski definition) is 3. The molecule has 1 N–H and O–H groups in total. The molecule has 1 aliphatic rings. The molecule has 0 spiro atoms. The summed E-state index contributed by atoms with van der Waals surface area (Å²) in [4.78, 5) is 4.51. The summed E-state index contributed by atoms with van der Waals surface area (Å²) in [6.45, 7) is 3.15. The van der Waals surface area contributed by atoms with E-state index in [2.05, 4.69) is 17.0 Å². The Bertz CT molecular complexity index is 547. The molecule has 1 aliphatic heterocycles. The van der Waals surface area contributed by atoms with Crippen LogP contribution in [-0.4, -0.2) is 19.9 Å². The van der Waals surface area contributed by atoms with Crippen molar-refractivity contribution in [1.29, 1.82) is 0 Å². The van der Waals surface area contributed by atoms with Gasteiger partial charge in [0.1, 0.15) is 11.6 Å². The molecule has 0 bridgehead atoms. The standard InChI is InChI=1S/C13H15N3O/c1-9-6-7-12-14-13(15-16(12)8-9)10-4-2-3-5-11(10)17/h2-5,9,17H,6-8H2,1H3. The second kappa shape index (κ2) is 3.87. The van der Waals surface area contributed by atoms with Gasteiger partial charge in [-0.25, -0.2) is 9.67 Å². The number of benzene rings is 1. The van der Waals surface area contributed by atoms with Crippen molar-refractivity contribution in [2.45, 2.75) is 26.3 Å². The fourth-order valence-electron chi connectivity index (χ4n) is 2.24. The van der Waals surface area contributed by atoms with Gasteiger partial charge in [0.15, 0.2) is 5.82 Å². The lowest BCUT2D eigenvalue weighted by Crippen LogP contribution is -2.18. The average molecular weight is 229 g/mol. The first kappa shape index (κ1) is 10.3. The first-order valence-corrected chi connectivity index (χ1v) is 5.96. The molecule has 0 amide bonds. The van der Waals surface area contributed by atoms with Crippen LogP contribution in [0.2, 0.25) is 0 Å². The first-order valence-electron chi connectivity index (χ1n) is 5.96. The highest BCUT2D eigenvalue weighted by Gasteiger charge is 2.19. The summed E-state index contributed by atoms with van der Waals surface area (Å²) < 4.78 is 1.97. The van der Waals surface area contributed by atoms with Gasteiger partial charge in [0.05, 0.1) is 5.56 Å². The molecular weight excluding hydrogens is 214 g/mol. The number of aryl methyl sites for hydroxylation is 1. The van der Waals surface area contributed by atoms with Gasteiger partial charge in [-0.05, 0) is 24.5 Å². The molecule has 4 heteroatoms. The van der Waals surface area contributed by atoms with E-state index < -0.39 is 0 Å². The molecule has 2 aromatic rings. The minimum Gasteiger partial charge on any atom is -0.507 e. The fourth-order valence-corrected chi connectivity index (χ4v) is 2.24. The lowest BCUT2D eigenvalue weighted by Gasteiger charge is -2.17. The van der Waals surface area contributed by atoms with Crippen LogP contribution in [0.3, 0.4) is 0 Å². The van der Waals surface area contributed by atoms with Gasteiger partial charge in [-0.15, -0.1) is 0 Å². The lowest BCUT2D eigenvalue weighted by molar-refractivity contribution is 0.368. The quantitative estimate of drug-likeness (QED) is 0.815. The van der Waals surface area contributed by atoms with Gasteiger partial charge >= 0.3 is 0 Å². The highest BCUT2D eigenvalue weighted by molar-refractivity contribution is 5.63. The normalized spacial score (nSPS) is 19.0. The number of phenolic OH excluding ortho intramolecular Hbond substituents is 1. The van der Waals surface area contributed by atoms with Gasteiger partial charge in [0.25, 0.3) is 0 Å². The van der Waals surface area contributed by atoms with Crippen molar-refractivity contribution in [3.8, 4) is 17.1 Å². The van der Waals surface area contributed by atoms with Gasteiger partial charge in [0, 0.05) is 13.0 Å². The molecule has 1 atom stereocenters. The number of phenols is 1. The number of para-hydroxylation sites is 1. The van der Waals surface area contributed by atoms with E-state index in [0.29, 0.717) is 17.3 Å². The number of fused-ring (bicyclic) bond motifs is 1. The van der Waals surface area contributed by atoms with Crippen LogP contribution in [0.5, 0.6) is 5.75 Å². The van der Waals surface area contributed by atoms with E-state index in [1.54, 1.807) is 12.1 Å². The number of rotatable bonds is 1. The molecule has 0 saturated carbocycles. The van der Waals surface area contributed by atoms with Crippen LogP contribution in [-0.2, 0) is 13.0 Å². The monoisotopic (exact) mass is 229 g/mol. The third-order valence-electron chi connectivity index (χ3n) is 3.24. The zero-order chi connectivity index (χ0) is 11.8. The average Bonchev–Trinajstić information content (AvgIpc) is 2.72. The van der Waals surface area contributed by atoms with E-state index in [4.69, 9.17) is 0 Å². The molecule has 17 heavy (non-hydrogen) atoms. The van der Waals surface area contributed by atoms with Crippen molar-refractivity contribution in [2.75, 3.05) is 0 Å². The van der Waals surface area contributed by atoms with Crippen LogP contribution >= 0.6 is 0 Å². The summed E-state index contributed by atoms with van der Waals surface area (Å²) in [6, 6.07) is 7.20. The highest BCUT2D eigenvalue weighted by Crippen LogP contribution is 2.27. The summed E-state index contributed by atoms with van der Waals surface area (Å²) in [7, 11) is 0. The smallest absolute Gasteiger partial charge is 0.185 e. The van der Waals surface area contributed by atoms with Gasteiger partial charge in [-0.2, -0.15) is 5.10 Å². The number of aromatic nitrogens is 3.